The van der Waals surface area contributed by atoms with E-state index in [1.54, 1.807) is 36.0 Å². The van der Waals surface area contributed by atoms with Gasteiger partial charge in [-0.15, -0.1) is 5.10 Å². The Morgan fingerprint density at radius 3 is 2.68 bits per heavy atom. The number of aromatic nitrogens is 4. The predicted octanol–water partition coefficient (Wildman–Crippen LogP) is 2.29. The molecule has 134 valence electrons. The first-order valence-electron chi connectivity index (χ1n) is 8.02. The molecule has 0 spiro atoms. The standard InChI is InChI=1S/C16H21N5O3S/c1-3-4-10-24-15(23)12-5-7-13(8-6-12)17-14(22)9-11-25-16-18-19-20-21(16)2/h5-8H,3-4,9-11H2,1-2H3,(H,17,22). The Morgan fingerprint density at radius 2 is 2.04 bits per heavy atom. The highest BCUT2D eigenvalue weighted by Gasteiger charge is 2.09. The number of carbonyl (C=O) groups excluding carboxylic acids is 2. The van der Waals surface area contributed by atoms with Crippen molar-refractivity contribution < 1.29 is 14.3 Å². The number of amides is 1. The maximum Gasteiger partial charge on any atom is 0.338 e. The van der Waals surface area contributed by atoms with Gasteiger partial charge in [0.1, 0.15) is 0 Å². The Labute approximate surface area is 150 Å². The molecule has 1 N–H and O–H groups in total. The maximum absolute atomic E-state index is 11.9. The van der Waals surface area contributed by atoms with E-state index in [-0.39, 0.29) is 11.9 Å². The molecule has 0 saturated carbocycles. The van der Waals surface area contributed by atoms with Gasteiger partial charge in [0.05, 0.1) is 12.2 Å². The molecule has 0 unspecified atom stereocenters. The second-order valence-corrected chi connectivity index (χ2v) is 6.36. The fraction of sp³-hybridized carbons (Fsp3) is 0.438. The van der Waals surface area contributed by atoms with Crippen LogP contribution in [0.3, 0.4) is 0 Å². The van der Waals surface area contributed by atoms with Crippen LogP contribution < -0.4 is 5.32 Å². The first kappa shape index (κ1) is 18.9. The number of carbonyl (C=O) groups is 2. The van der Waals surface area contributed by atoms with Crippen LogP contribution in [-0.4, -0.2) is 44.4 Å². The van der Waals surface area contributed by atoms with Crippen molar-refractivity contribution in [3.8, 4) is 0 Å². The molecule has 0 fully saturated rings. The number of rotatable bonds is 9. The molecule has 0 atom stereocenters. The lowest BCUT2D eigenvalue weighted by atomic mass is 10.2. The Morgan fingerprint density at radius 1 is 1.28 bits per heavy atom. The lowest BCUT2D eigenvalue weighted by Crippen LogP contribution is -2.13. The first-order valence-corrected chi connectivity index (χ1v) is 9.01. The van der Waals surface area contributed by atoms with Gasteiger partial charge in [-0.05, 0) is 41.1 Å². The van der Waals surface area contributed by atoms with Gasteiger partial charge >= 0.3 is 5.97 Å². The second-order valence-electron chi connectivity index (χ2n) is 5.30. The van der Waals surface area contributed by atoms with Crippen molar-refractivity contribution in [2.75, 3.05) is 17.7 Å². The molecule has 1 aromatic carbocycles. The summed E-state index contributed by atoms with van der Waals surface area (Å²) in [6, 6.07) is 6.66. The summed E-state index contributed by atoms with van der Waals surface area (Å²) in [7, 11) is 1.75. The number of ether oxygens (including phenoxy) is 1. The topological polar surface area (TPSA) is 99.0 Å². The molecule has 0 radical (unpaired) electrons. The van der Waals surface area contributed by atoms with E-state index in [1.807, 2.05) is 6.92 Å². The van der Waals surface area contributed by atoms with Crippen molar-refractivity contribution in [1.29, 1.82) is 0 Å². The van der Waals surface area contributed by atoms with Crippen LogP contribution in [0.2, 0.25) is 0 Å². The summed E-state index contributed by atoms with van der Waals surface area (Å²) in [4.78, 5) is 23.7. The molecule has 8 nitrogen and oxygen atoms in total. The van der Waals surface area contributed by atoms with E-state index < -0.39 is 0 Å². The highest BCUT2D eigenvalue weighted by atomic mass is 32.2. The van der Waals surface area contributed by atoms with Crippen molar-refractivity contribution in [2.24, 2.45) is 7.05 Å². The van der Waals surface area contributed by atoms with E-state index >= 15 is 0 Å². The van der Waals surface area contributed by atoms with Gasteiger partial charge in [0.2, 0.25) is 11.1 Å². The van der Waals surface area contributed by atoms with Crippen LogP contribution >= 0.6 is 11.8 Å². The van der Waals surface area contributed by atoms with Gasteiger partial charge < -0.3 is 10.1 Å². The van der Waals surface area contributed by atoms with Crippen LogP contribution in [0.4, 0.5) is 5.69 Å². The van der Waals surface area contributed by atoms with Crippen LogP contribution in [0.25, 0.3) is 0 Å². The average molecular weight is 363 g/mol. The Balaban J connectivity index is 1.75. The number of benzene rings is 1. The number of nitrogens with one attached hydrogen (secondary N) is 1. The third kappa shape index (κ3) is 6.18. The summed E-state index contributed by atoms with van der Waals surface area (Å²) in [5.41, 5.74) is 1.11. The summed E-state index contributed by atoms with van der Waals surface area (Å²) in [5, 5.41) is 14.6. The van der Waals surface area contributed by atoms with E-state index in [9.17, 15) is 9.59 Å². The number of thioether (sulfide) groups is 1. The predicted molar refractivity (Wildman–Crippen MR) is 94.4 cm³/mol. The van der Waals surface area contributed by atoms with Crippen molar-refractivity contribution in [3.05, 3.63) is 29.8 Å². The molecule has 2 rings (SSSR count). The molecule has 25 heavy (non-hydrogen) atoms. The van der Waals surface area contributed by atoms with Gasteiger partial charge in [0.25, 0.3) is 0 Å². The highest BCUT2D eigenvalue weighted by Crippen LogP contribution is 2.15. The lowest BCUT2D eigenvalue weighted by molar-refractivity contribution is -0.115. The molecule has 0 aliphatic carbocycles. The quantitative estimate of drug-likeness (QED) is 0.414. The molecule has 2 aromatic rings. The molecular weight excluding hydrogens is 342 g/mol. The zero-order chi connectivity index (χ0) is 18.1. The fourth-order valence-corrected chi connectivity index (χ4v) is 2.67. The highest BCUT2D eigenvalue weighted by molar-refractivity contribution is 7.99. The number of aryl methyl sites for hydroxylation is 1. The minimum absolute atomic E-state index is 0.110. The maximum atomic E-state index is 11.9. The van der Waals surface area contributed by atoms with Crippen LogP contribution in [0, 0.1) is 0 Å². The van der Waals surface area contributed by atoms with Crippen molar-refractivity contribution in [1.82, 2.24) is 20.2 Å². The van der Waals surface area contributed by atoms with Crippen LogP contribution in [-0.2, 0) is 16.6 Å². The van der Waals surface area contributed by atoms with Gasteiger partial charge in [0, 0.05) is 24.9 Å². The Bertz CT molecular complexity index is 702. The minimum atomic E-state index is -0.347. The molecule has 9 heteroatoms. The van der Waals surface area contributed by atoms with E-state index in [1.165, 1.54) is 11.8 Å². The molecule has 1 aromatic heterocycles. The Hall–Kier alpha value is -2.42. The summed E-state index contributed by atoms with van der Waals surface area (Å²) in [6.07, 6.45) is 2.16. The smallest absolute Gasteiger partial charge is 0.338 e. The Kier molecular flexibility index (Phi) is 7.39. The van der Waals surface area contributed by atoms with Gasteiger partial charge in [0.15, 0.2) is 0 Å². The molecule has 0 bridgehead atoms. The minimum Gasteiger partial charge on any atom is -0.462 e. The van der Waals surface area contributed by atoms with Crippen molar-refractivity contribution in [3.63, 3.8) is 0 Å². The average Bonchev–Trinajstić information content (AvgIpc) is 3.01. The zero-order valence-electron chi connectivity index (χ0n) is 14.3. The number of hydrogen-bond acceptors (Lipinski definition) is 7. The molecule has 0 aliphatic rings. The van der Waals surface area contributed by atoms with Gasteiger partial charge in [-0.1, -0.05) is 25.1 Å². The molecular formula is C16H21N5O3S. The summed E-state index contributed by atoms with van der Waals surface area (Å²) in [6.45, 7) is 2.46. The molecule has 0 saturated heterocycles. The number of nitrogens with zero attached hydrogens (tertiary/aromatic N) is 4. The molecule has 0 aliphatic heterocycles. The number of unbranched alkanes of at least 4 members (excludes halogenated alkanes) is 1. The number of anilines is 1. The van der Waals surface area contributed by atoms with Gasteiger partial charge in [-0.25, -0.2) is 9.48 Å². The largest absolute Gasteiger partial charge is 0.462 e. The summed E-state index contributed by atoms with van der Waals surface area (Å²) < 4.78 is 6.70. The number of tetrazole rings is 1. The molecule has 1 amide bonds. The van der Waals surface area contributed by atoms with E-state index in [0.717, 1.165) is 12.8 Å². The second kappa shape index (κ2) is 9.77. The van der Waals surface area contributed by atoms with E-state index in [0.29, 0.717) is 35.2 Å². The SMILES string of the molecule is CCCCOC(=O)c1ccc(NC(=O)CCSc2nnnn2C)cc1. The number of esters is 1. The number of hydrogen-bond donors (Lipinski definition) is 1. The van der Waals surface area contributed by atoms with Crippen LogP contribution in [0.15, 0.2) is 29.4 Å². The first-order chi connectivity index (χ1) is 12.1. The van der Waals surface area contributed by atoms with Crippen molar-refractivity contribution in [2.45, 2.75) is 31.3 Å². The summed E-state index contributed by atoms with van der Waals surface area (Å²) in [5.74, 6) is 0.114. The van der Waals surface area contributed by atoms with Gasteiger partial charge in [-0.3, -0.25) is 4.79 Å². The summed E-state index contributed by atoms with van der Waals surface area (Å²) >= 11 is 1.41. The monoisotopic (exact) mass is 363 g/mol. The zero-order valence-corrected chi connectivity index (χ0v) is 15.1. The van der Waals surface area contributed by atoms with E-state index in [2.05, 4.69) is 20.8 Å². The third-order valence-electron chi connectivity index (χ3n) is 3.28. The van der Waals surface area contributed by atoms with Gasteiger partial charge in [-0.2, -0.15) is 0 Å². The van der Waals surface area contributed by atoms with E-state index in [4.69, 9.17) is 4.74 Å². The third-order valence-corrected chi connectivity index (χ3v) is 4.29. The lowest BCUT2D eigenvalue weighted by Gasteiger charge is -2.07. The van der Waals surface area contributed by atoms with Crippen LogP contribution in [0.1, 0.15) is 36.5 Å². The normalized spacial score (nSPS) is 10.5. The van der Waals surface area contributed by atoms with Crippen LogP contribution in [0.5, 0.6) is 0 Å². The fourth-order valence-electron chi connectivity index (χ4n) is 1.88. The van der Waals surface area contributed by atoms with Crippen molar-refractivity contribution >= 4 is 29.3 Å². The molecule has 1 heterocycles.